The van der Waals surface area contributed by atoms with Crippen LogP contribution in [0.2, 0.25) is 5.02 Å². The van der Waals surface area contributed by atoms with E-state index in [-0.39, 0.29) is 23.2 Å². The predicted molar refractivity (Wildman–Crippen MR) is 113 cm³/mol. The van der Waals surface area contributed by atoms with E-state index in [1.165, 1.54) is 23.9 Å². The number of nitrogens with zero attached hydrogens (tertiary/aromatic N) is 2. The third-order valence-electron chi connectivity index (χ3n) is 4.75. The standard InChI is InChI=1S/C20H16ClF3N4O3S/c21-13-2-1-12(20(22,23)24)7-15(13)25-17(29)9-28-5-3-14-16(8-28)32-19(26-14)27-18(30)11-4-6-31-10-11/h1-2,4,6-7,10H,3,5,8-9H2,(H,25,29)(H,26,27,30). The Morgan fingerprint density at radius 2 is 2.06 bits per heavy atom. The maximum atomic E-state index is 12.9. The average molecular weight is 485 g/mol. The van der Waals surface area contributed by atoms with Crippen molar-refractivity contribution >= 4 is 45.6 Å². The average Bonchev–Trinajstić information content (AvgIpc) is 3.38. The Bertz CT molecular complexity index is 1150. The summed E-state index contributed by atoms with van der Waals surface area (Å²) in [5.41, 5.74) is 0.237. The highest BCUT2D eigenvalue weighted by molar-refractivity contribution is 7.15. The van der Waals surface area contributed by atoms with Crippen LogP contribution in [-0.2, 0) is 23.9 Å². The third kappa shape index (κ3) is 5.12. The van der Waals surface area contributed by atoms with Crippen LogP contribution in [0.3, 0.4) is 0 Å². The number of fused-ring (bicyclic) bond motifs is 1. The number of aromatic nitrogens is 1. The summed E-state index contributed by atoms with van der Waals surface area (Å²) in [4.78, 5) is 31.7. The van der Waals surface area contributed by atoms with Gasteiger partial charge in [0, 0.05) is 24.4 Å². The van der Waals surface area contributed by atoms with Crippen molar-refractivity contribution in [2.45, 2.75) is 19.1 Å². The highest BCUT2D eigenvalue weighted by atomic mass is 35.5. The summed E-state index contributed by atoms with van der Waals surface area (Å²) in [6.07, 6.45) is -1.23. The molecule has 3 aromatic rings. The molecule has 0 radical (unpaired) electrons. The van der Waals surface area contributed by atoms with Crippen molar-refractivity contribution in [2.24, 2.45) is 0 Å². The van der Waals surface area contributed by atoms with Crippen molar-refractivity contribution in [3.63, 3.8) is 0 Å². The molecule has 0 saturated heterocycles. The van der Waals surface area contributed by atoms with Gasteiger partial charge in [0.15, 0.2) is 5.13 Å². The van der Waals surface area contributed by atoms with E-state index in [2.05, 4.69) is 15.6 Å². The number of furan rings is 1. The Balaban J connectivity index is 1.37. The molecule has 168 valence electrons. The number of benzene rings is 1. The number of anilines is 2. The number of thiazole rings is 1. The molecule has 3 heterocycles. The summed E-state index contributed by atoms with van der Waals surface area (Å²) in [6.45, 7) is 0.939. The number of carbonyl (C=O) groups is 2. The first-order valence-corrected chi connectivity index (χ1v) is 10.6. The Morgan fingerprint density at radius 1 is 1.25 bits per heavy atom. The topological polar surface area (TPSA) is 87.5 Å². The maximum absolute atomic E-state index is 12.9. The second kappa shape index (κ2) is 8.93. The minimum Gasteiger partial charge on any atom is -0.472 e. The molecule has 2 amide bonds. The van der Waals surface area contributed by atoms with Gasteiger partial charge < -0.3 is 9.73 Å². The molecule has 4 rings (SSSR count). The molecule has 12 heteroatoms. The highest BCUT2D eigenvalue weighted by Crippen LogP contribution is 2.34. The van der Waals surface area contributed by atoms with Crippen LogP contribution in [0, 0.1) is 0 Å². The van der Waals surface area contributed by atoms with Gasteiger partial charge in [-0.05, 0) is 24.3 Å². The summed E-state index contributed by atoms with van der Waals surface area (Å²) in [6, 6.07) is 4.31. The van der Waals surface area contributed by atoms with Gasteiger partial charge in [-0.2, -0.15) is 13.2 Å². The lowest BCUT2D eigenvalue weighted by Gasteiger charge is -2.25. The number of hydrogen-bond acceptors (Lipinski definition) is 6. The van der Waals surface area contributed by atoms with E-state index in [1.54, 1.807) is 6.07 Å². The first-order chi connectivity index (χ1) is 15.2. The van der Waals surface area contributed by atoms with E-state index < -0.39 is 17.6 Å². The molecule has 0 fully saturated rings. The van der Waals surface area contributed by atoms with Crippen LogP contribution < -0.4 is 10.6 Å². The third-order valence-corrected chi connectivity index (χ3v) is 6.08. The zero-order valence-corrected chi connectivity index (χ0v) is 17.9. The molecule has 2 aromatic heterocycles. The van der Waals surface area contributed by atoms with Crippen LogP contribution in [0.15, 0.2) is 41.2 Å². The Kier molecular flexibility index (Phi) is 6.22. The molecule has 1 aliphatic heterocycles. The smallest absolute Gasteiger partial charge is 0.416 e. The Hall–Kier alpha value is -2.89. The fraction of sp³-hybridized carbons (Fsp3) is 0.250. The second-order valence-corrected chi connectivity index (χ2v) is 8.55. The fourth-order valence-electron chi connectivity index (χ4n) is 3.19. The molecular weight excluding hydrogens is 469 g/mol. The number of nitrogens with one attached hydrogen (secondary N) is 2. The van der Waals surface area contributed by atoms with Crippen molar-refractivity contribution in [3.05, 3.63) is 63.5 Å². The lowest BCUT2D eigenvalue weighted by atomic mass is 10.1. The molecule has 0 atom stereocenters. The molecule has 0 saturated carbocycles. The zero-order valence-electron chi connectivity index (χ0n) is 16.3. The van der Waals surface area contributed by atoms with Crippen LogP contribution in [-0.4, -0.2) is 34.8 Å². The van der Waals surface area contributed by atoms with Crippen LogP contribution in [0.5, 0.6) is 0 Å². The van der Waals surface area contributed by atoms with Crippen molar-refractivity contribution in [3.8, 4) is 0 Å². The summed E-state index contributed by atoms with van der Waals surface area (Å²) in [5.74, 6) is -0.813. The fourth-order valence-corrected chi connectivity index (χ4v) is 4.40. The van der Waals surface area contributed by atoms with Crippen molar-refractivity contribution in [1.29, 1.82) is 0 Å². The molecule has 0 spiro atoms. The molecule has 1 aliphatic rings. The van der Waals surface area contributed by atoms with Crippen molar-refractivity contribution < 1.29 is 27.2 Å². The van der Waals surface area contributed by atoms with Gasteiger partial charge >= 0.3 is 6.18 Å². The van der Waals surface area contributed by atoms with Gasteiger partial charge in [0.1, 0.15) is 6.26 Å². The van der Waals surface area contributed by atoms with Gasteiger partial charge in [-0.15, -0.1) is 11.3 Å². The second-order valence-electron chi connectivity index (χ2n) is 7.06. The molecule has 7 nitrogen and oxygen atoms in total. The molecular formula is C20H16ClF3N4O3S. The number of halogens is 4. The number of alkyl halides is 3. The number of hydrogen-bond donors (Lipinski definition) is 2. The predicted octanol–water partition coefficient (Wildman–Crippen LogP) is 4.66. The monoisotopic (exact) mass is 484 g/mol. The number of amides is 2. The lowest BCUT2D eigenvalue weighted by Crippen LogP contribution is -2.36. The molecule has 2 N–H and O–H groups in total. The van der Waals surface area contributed by atoms with Crippen LogP contribution in [0.1, 0.15) is 26.5 Å². The molecule has 0 aliphatic carbocycles. The van der Waals surface area contributed by atoms with E-state index in [4.69, 9.17) is 16.0 Å². The lowest BCUT2D eigenvalue weighted by molar-refractivity contribution is -0.137. The number of rotatable bonds is 5. The largest absolute Gasteiger partial charge is 0.472 e. The minimum atomic E-state index is -4.54. The van der Waals surface area contributed by atoms with E-state index in [0.29, 0.717) is 30.2 Å². The quantitative estimate of drug-likeness (QED) is 0.550. The SMILES string of the molecule is O=C(CN1CCc2nc(NC(=O)c3ccoc3)sc2C1)Nc1cc(C(F)(F)F)ccc1Cl. The highest BCUT2D eigenvalue weighted by Gasteiger charge is 2.31. The molecule has 1 aromatic carbocycles. The zero-order chi connectivity index (χ0) is 22.9. The summed E-state index contributed by atoms with van der Waals surface area (Å²) >= 11 is 7.25. The van der Waals surface area contributed by atoms with Gasteiger partial charge in [0.2, 0.25) is 5.91 Å². The maximum Gasteiger partial charge on any atom is 0.416 e. The summed E-state index contributed by atoms with van der Waals surface area (Å²) < 4.78 is 43.6. The summed E-state index contributed by atoms with van der Waals surface area (Å²) in [5, 5.41) is 5.64. The Morgan fingerprint density at radius 3 is 2.78 bits per heavy atom. The van der Waals surface area contributed by atoms with Gasteiger partial charge in [-0.1, -0.05) is 11.6 Å². The normalized spacial score (nSPS) is 14.1. The van der Waals surface area contributed by atoms with Crippen LogP contribution in [0.4, 0.5) is 24.0 Å². The van der Waals surface area contributed by atoms with Gasteiger partial charge in [0.25, 0.3) is 5.91 Å². The van der Waals surface area contributed by atoms with Gasteiger partial charge in [-0.25, -0.2) is 4.98 Å². The Labute approximate surface area is 189 Å². The van der Waals surface area contributed by atoms with Crippen LogP contribution >= 0.6 is 22.9 Å². The van der Waals surface area contributed by atoms with E-state index in [9.17, 15) is 22.8 Å². The van der Waals surface area contributed by atoms with Gasteiger partial charge in [0.05, 0.1) is 40.3 Å². The number of carbonyl (C=O) groups excluding carboxylic acids is 2. The summed E-state index contributed by atoms with van der Waals surface area (Å²) in [7, 11) is 0. The first-order valence-electron chi connectivity index (χ1n) is 9.40. The van der Waals surface area contributed by atoms with Gasteiger partial charge in [-0.3, -0.25) is 19.8 Å². The first kappa shape index (κ1) is 22.3. The molecule has 0 unspecified atom stereocenters. The van der Waals surface area contributed by atoms with E-state index in [0.717, 1.165) is 28.8 Å². The minimum absolute atomic E-state index is 0.0211. The molecule has 0 bridgehead atoms. The van der Waals surface area contributed by atoms with E-state index >= 15 is 0 Å². The van der Waals surface area contributed by atoms with Crippen molar-refractivity contribution in [2.75, 3.05) is 23.7 Å². The van der Waals surface area contributed by atoms with Crippen molar-refractivity contribution in [1.82, 2.24) is 9.88 Å². The van der Waals surface area contributed by atoms with Crippen LogP contribution in [0.25, 0.3) is 0 Å². The van der Waals surface area contributed by atoms with E-state index in [1.807, 2.05) is 4.90 Å². The molecule has 32 heavy (non-hydrogen) atoms.